The van der Waals surface area contributed by atoms with Gasteiger partial charge in [0.1, 0.15) is 29.3 Å². The lowest BCUT2D eigenvalue weighted by Crippen LogP contribution is -2.11. The van der Waals surface area contributed by atoms with Crippen LogP contribution < -0.4 is 9.64 Å². The van der Waals surface area contributed by atoms with E-state index in [0.717, 1.165) is 12.8 Å². The van der Waals surface area contributed by atoms with Gasteiger partial charge < -0.3 is 9.64 Å². The summed E-state index contributed by atoms with van der Waals surface area (Å²) in [5.41, 5.74) is 1.54. The SMILES string of the molecule is CN(C)c1cc(-c2c(F)ccc(OC3CC3)c2C#N)c(Cl)cc1C#N. The summed E-state index contributed by atoms with van der Waals surface area (Å²) in [6, 6.07) is 9.98. The Bertz CT molecular complexity index is 924. The van der Waals surface area contributed by atoms with E-state index in [1.165, 1.54) is 18.2 Å². The molecule has 4 nitrogen and oxygen atoms in total. The standard InChI is InChI=1S/C19H15ClFN3O/c1-24(2)17-8-13(15(20)7-11(17)9-22)19-14(10-23)18(6-5-16(19)21)25-12-3-4-12/h5-8,12H,3-4H2,1-2H3. The van der Waals surface area contributed by atoms with Gasteiger partial charge in [-0.3, -0.25) is 0 Å². The molecule has 2 aromatic carbocycles. The van der Waals surface area contributed by atoms with Crippen LogP contribution in [0.5, 0.6) is 5.75 Å². The van der Waals surface area contributed by atoms with Gasteiger partial charge in [-0.25, -0.2) is 4.39 Å². The number of halogens is 2. The summed E-state index contributed by atoms with van der Waals surface area (Å²) in [7, 11) is 3.56. The second-order valence-corrected chi connectivity index (χ2v) is 6.49. The average Bonchev–Trinajstić information content (AvgIpc) is 3.40. The zero-order valence-electron chi connectivity index (χ0n) is 13.8. The molecule has 1 fully saturated rings. The van der Waals surface area contributed by atoms with Gasteiger partial charge in [-0.05, 0) is 37.1 Å². The third kappa shape index (κ3) is 3.24. The van der Waals surface area contributed by atoms with Crippen LogP contribution in [-0.4, -0.2) is 20.2 Å². The van der Waals surface area contributed by atoms with Crippen molar-refractivity contribution in [2.75, 3.05) is 19.0 Å². The number of anilines is 1. The molecule has 0 heterocycles. The molecule has 3 rings (SSSR count). The lowest BCUT2D eigenvalue weighted by molar-refractivity contribution is 0.302. The van der Waals surface area contributed by atoms with Crippen molar-refractivity contribution in [3.8, 4) is 29.0 Å². The van der Waals surface area contributed by atoms with E-state index < -0.39 is 5.82 Å². The van der Waals surface area contributed by atoms with Gasteiger partial charge in [0.25, 0.3) is 0 Å². The maximum absolute atomic E-state index is 14.6. The van der Waals surface area contributed by atoms with Crippen LogP contribution in [0.2, 0.25) is 5.02 Å². The molecule has 0 aliphatic heterocycles. The van der Waals surface area contributed by atoms with Crippen molar-refractivity contribution < 1.29 is 9.13 Å². The minimum absolute atomic E-state index is 0.0826. The van der Waals surface area contributed by atoms with Crippen molar-refractivity contribution in [2.24, 2.45) is 0 Å². The van der Waals surface area contributed by atoms with Crippen LogP contribution in [0.1, 0.15) is 24.0 Å². The maximum atomic E-state index is 14.6. The van der Waals surface area contributed by atoms with Crippen molar-refractivity contribution in [1.82, 2.24) is 0 Å². The first-order valence-corrected chi connectivity index (χ1v) is 8.14. The lowest BCUT2D eigenvalue weighted by Gasteiger charge is -2.18. The van der Waals surface area contributed by atoms with Gasteiger partial charge in [0.05, 0.1) is 22.4 Å². The van der Waals surface area contributed by atoms with E-state index in [-0.39, 0.29) is 22.3 Å². The van der Waals surface area contributed by atoms with E-state index in [2.05, 4.69) is 6.07 Å². The molecule has 6 heteroatoms. The zero-order chi connectivity index (χ0) is 18.1. The molecule has 0 amide bonds. The molecule has 0 spiro atoms. The largest absolute Gasteiger partial charge is 0.489 e. The van der Waals surface area contributed by atoms with Gasteiger partial charge in [0.15, 0.2) is 0 Å². The van der Waals surface area contributed by atoms with E-state index >= 15 is 0 Å². The first kappa shape index (κ1) is 17.1. The topological polar surface area (TPSA) is 60.0 Å². The molecule has 126 valence electrons. The molecule has 25 heavy (non-hydrogen) atoms. The number of rotatable bonds is 4. The van der Waals surface area contributed by atoms with Crippen molar-refractivity contribution >= 4 is 17.3 Å². The van der Waals surface area contributed by atoms with E-state index in [0.29, 0.717) is 22.6 Å². The Hall–Kier alpha value is -2.76. The predicted octanol–water partition coefficient (Wildman–Crippen LogP) is 4.50. The summed E-state index contributed by atoms with van der Waals surface area (Å²) in [6.45, 7) is 0. The van der Waals surface area contributed by atoms with Crippen LogP contribution in [0.15, 0.2) is 24.3 Å². The second-order valence-electron chi connectivity index (χ2n) is 6.08. The predicted molar refractivity (Wildman–Crippen MR) is 94.3 cm³/mol. The van der Waals surface area contributed by atoms with Crippen molar-refractivity contribution in [2.45, 2.75) is 18.9 Å². The van der Waals surface area contributed by atoms with Crippen LogP contribution in [-0.2, 0) is 0 Å². The Kier molecular flexibility index (Phi) is 4.53. The third-order valence-electron chi connectivity index (χ3n) is 4.00. The van der Waals surface area contributed by atoms with Gasteiger partial charge >= 0.3 is 0 Å². The molecule has 0 radical (unpaired) electrons. The van der Waals surface area contributed by atoms with Gasteiger partial charge in [-0.2, -0.15) is 10.5 Å². The maximum Gasteiger partial charge on any atom is 0.138 e. The molecule has 0 bridgehead atoms. The summed E-state index contributed by atoms with van der Waals surface area (Å²) < 4.78 is 20.3. The number of nitriles is 2. The minimum Gasteiger partial charge on any atom is -0.489 e. The summed E-state index contributed by atoms with van der Waals surface area (Å²) in [6.07, 6.45) is 1.94. The van der Waals surface area contributed by atoms with Crippen molar-refractivity contribution in [3.63, 3.8) is 0 Å². The highest BCUT2D eigenvalue weighted by molar-refractivity contribution is 6.33. The molecular formula is C19H15ClFN3O. The summed E-state index contributed by atoms with van der Waals surface area (Å²) in [5, 5.41) is 19.1. The average molecular weight is 356 g/mol. The first-order chi connectivity index (χ1) is 12.0. The molecule has 0 aromatic heterocycles. The quantitative estimate of drug-likeness (QED) is 0.810. The molecule has 1 saturated carbocycles. The smallest absolute Gasteiger partial charge is 0.138 e. The Morgan fingerprint density at radius 2 is 1.92 bits per heavy atom. The number of hydrogen-bond acceptors (Lipinski definition) is 4. The lowest BCUT2D eigenvalue weighted by atomic mass is 9.96. The molecule has 2 aromatic rings. The van der Waals surface area contributed by atoms with E-state index in [9.17, 15) is 14.9 Å². The Morgan fingerprint density at radius 1 is 1.20 bits per heavy atom. The fourth-order valence-electron chi connectivity index (χ4n) is 2.61. The molecule has 0 atom stereocenters. The van der Waals surface area contributed by atoms with Crippen LogP contribution in [0.4, 0.5) is 10.1 Å². The zero-order valence-corrected chi connectivity index (χ0v) is 14.6. The second kappa shape index (κ2) is 6.63. The van der Waals surface area contributed by atoms with Crippen LogP contribution in [0, 0.1) is 28.5 Å². The van der Waals surface area contributed by atoms with E-state index in [1.54, 1.807) is 25.1 Å². The summed E-state index contributed by atoms with van der Waals surface area (Å²) >= 11 is 6.30. The van der Waals surface area contributed by atoms with Gasteiger partial charge in [-0.15, -0.1) is 0 Å². The number of nitrogens with zero attached hydrogens (tertiary/aromatic N) is 3. The molecule has 1 aliphatic carbocycles. The van der Waals surface area contributed by atoms with Crippen LogP contribution in [0.25, 0.3) is 11.1 Å². The summed E-state index contributed by atoms with van der Waals surface area (Å²) in [4.78, 5) is 1.74. The van der Waals surface area contributed by atoms with Crippen LogP contribution >= 0.6 is 11.6 Å². The van der Waals surface area contributed by atoms with Crippen molar-refractivity contribution in [1.29, 1.82) is 10.5 Å². The monoisotopic (exact) mass is 355 g/mol. The van der Waals surface area contributed by atoms with Crippen molar-refractivity contribution in [3.05, 3.63) is 46.2 Å². The fourth-order valence-corrected chi connectivity index (χ4v) is 2.87. The highest BCUT2D eigenvalue weighted by Crippen LogP contribution is 2.41. The molecule has 0 N–H and O–H groups in total. The minimum atomic E-state index is -0.559. The molecule has 1 aliphatic rings. The number of benzene rings is 2. The van der Waals surface area contributed by atoms with E-state index in [4.69, 9.17) is 16.3 Å². The van der Waals surface area contributed by atoms with Gasteiger partial charge in [-0.1, -0.05) is 11.6 Å². The van der Waals surface area contributed by atoms with Crippen LogP contribution in [0.3, 0.4) is 0 Å². The Labute approximate surface area is 150 Å². The van der Waals surface area contributed by atoms with E-state index in [1.807, 2.05) is 6.07 Å². The molecular weight excluding hydrogens is 341 g/mol. The Balaban J connectivity index is 2.24. The third-order valence-corrected chi connectivity index (χ3v) is 4.32. The normalized spacial score (nSPS) is 13.0. The summed E-state index contributed by atoms with van der Waals surface area (Å²) in [5.74, 6) is -0.204. The molecule has 0 saturated heterocycles. The fraction of sp³-hybridized carbons (Fsp3) is 0.263. The highest BCUT2D eigenvalue weighted by Gasteiger charge is 2.27. The van der Waals surface area contributed by atoms with Gasteiger partial charge in [0.2, 0.25) is 0 Å². The number of ether oxygens (including phenoxy) is 1. The Morgan fingerprint density at radius 3 is 2.48 bits per heavy atom. The van der Waals surface area contributed by atoms with Gasteiger partial charge in [0, 0.05) is 25.2 Å². The molecule has 0 unspecified atom stereocenters. The number of hydrogen-bond donors (Lipinski definition) is 0. The first-order valence-electron chi connectivity index (χ1n) is 7.76. The highest BCUT2D eigenvalue weighted by atomic mass is 35.5.